The van der Waals surface area contributed by atoms with Crippen LogP contribution in [0.1, 0.15) is 18.0 Å². The lowest BCUT2D eigenvalue weighted by molar-refractivity contribution is 0.597. The van der Waals surface area contributed by atoms with E-state index in [4.69, 9.17) is 11.6 Å². The molecule has 0 amide bonds. The van der Waals surface area contributed by atoms with Crippen LogP contribution < -0.4 is 10.9 Å². The molecule has 1 atom stereocenters. The molecular formula is C16H17ClN2. The van der Waals surface area contributed by atoms with E-state index in [0.717, 1.165) is 17.1 Å². The Labute approximate surface area is 119 Å². The van der Waals surface area contributed by atoms with E-state index >= 15 is 0 Å². The summed E-state index contributed by atoms with van der Waals surface area (Å²) in [4.78, 5) is 0. The molecule has 0 fully saturated rings. The van der Waals surface area contributed by atoms with Crippen molar-refractivity contribution in [3.63, 3.8) is 0 Å². The number of para-hydroxylation sites is 1. The molecule has 3 heteroatoms. The maximum atomic E-state index is 5.91. The van der Waals surface area contributed by atoms with Crippen LogP contribution in [0, 0.1) is 0 Å². The van der Waals surface area contributed by atoms with Gasteiger partial charge in [0.2, 0.25) is 0 Å². The fraction of sp³-hybridized carbons (Fsp3) is 0.125. The predicted octanol–water partition coefficient (Wildman–Crippen LogP) is 4.57. The van der Waals surface area contributed by atoms with Crippen molar-refractivity contribution in [2.24, 2.45) is 0 Å². The van der Waals surface area contributed by atoms with Crippen LogP contribution in [-0.4, -0.2) is 0 Å². The Balaban J connectivity index is 2.04. The first-order chi connectivity index (χ1) is 9.29. The highest BCUT2D eigenvalue weighted by molar-refractivity contribution is 6.30. The number of anilines is 1. The fourth-order valence-electron chi connectivity index (χ4n) is 1.83. The minimum Gasteiger partial charge on any atom is -0.321 e. The Hall–Kier alpha value is -1.77. The van der Waals surface area contributed by atoms with Crippen molar-refractivity contribution in [3.05, 3.63) is 77.8 Å². The zero-order valence-electron chi connectivity index (χ0n) is 10.6. The molecule has 2 aromatic carbocycles. The first-order valence-electron chi connectivity index (χ1n) is 6.22. The van der Waals surface area contributed by atoms with E-state index in [2.05, 4.69) is 17.4 Å². The first-order valence-corrected chi connectivity index (χ1v) is 6.60. The van der Waals surface area contributed by atoms with Gasteiger partial charge in [0.25, 0.3) is 0 Å². The van der Waals surface area contributed by atoms with E-state index in [1.165, 1.54) is 5.56 Å². The zero-order valence-corrected chi connectivity index (χ0v) is 11.4. The van der Waals surface area contributed by atoms with E-state index in [0.29, 0.717) is 0 Å². The molecule has 2 nitrogen and oxygen atoms in total. The SMILES string of the molecule is C=CCC(NNc1ccccc1)c1ccc(Cl)cc1. The summed E-state index contributed by atoms with van der Waals surface area (Å²) in [5.74, 6) is 0. The van der Waals surface area contributed by atoms with Gasteiger partial charge < -0.3 is 5.43 Å². The van der Waals surface area contributed by atoms with Gasteiger partial charge in [0.1, 0.15) is 0 Å². The zero-order chi connectivity index (χ0) is 13.5. The standard InChI is InChI=1S/C16H17ClN2/c1-2-6-16(13-9-11-14(17)12-10-13)19-18-15-7-4-3-5-8-15/h2-5,7-12,16,18-19H,1,6H2. The number of rotatable bonds is 6. The molecule has 0 heterocycles. The molecule has 2 rings (SSSR count). The quantitative estimate of drug-likeness (QED) is 0.594. The number of hydrogen-bond donors (Lipinski definition) is 2. The monoisotopic (exact) mass is 272 g/mol. The number of hydrazine groups is 1. The molecule has 0 saturated heterocycles. The van der Waals surface area contributed by atoms with Crippen LogP contribution in [-0.2, 0) is 0 Å². The topological polar surface area (TPSA) is 24.1 Å². The van der Waals surface area contributed by atoms with Crippen LogP contribution in [0.4, 0.5) is 5.69 Å². The summed E-state index contributed by atoms with van der Waals surface area (Å²) in [5.41, 5.74) is 8.73. The largest absolute Gasteiger partial charge is 0.321 e. The second kappa shape index (κ2) is 6.98. The Morgan fingerprint density at radius 2 is 1.74 bits per heavy atom. The third-order valence-corrected chi connectivity index (χ3v) is 3.09. The minimum atomic E-state index is 0.162. The molecule has 0 aliphatic rings. The lowest BCUT2D eigenvalue weighted by Crippen LogP contribution is -2.26. The van der Waals surface area contributed by atoms with Gasteiger partial charge in [0.15, 0.2) is 0 Å². The van der Waals surface area contributed by atoms with Crippen LogP contribution in [0.15, 0.2) is 67.3 Å². The summed E-state index contributed by atoms with van der Waals surface area (Å²) < 4.78 is 0. The van der Waals surface area contributed by atoms with Crippen molar-refractivity contribution >= 4 is 17.3 Å². The third kappa shape index (κ3) is 4.12. The highest BCUT2D eigenvalue weighted by Crippen LogP contribution is 2.20. The average molecular weight is 273 g/mol. The summed E-state index contributed by atoms with van der Waals surface area (Å²) in [5, 5.41) is 0.747. The maximum Gasteiger partial charge on any atom is 0.0544 e. The summed E-state index contributed by atoms with van der Waals surface area (Å²) in [7, 11) is 0. The van der Waals surface area contributed by atoms with Gasteiger partial charge in [-0.15, -0.1) is 6.58 Å². The van der Waals surface area contributed by atoms with E-state index in [1.807, 2.05) is 60.7 Å². The van der Waals surface area contributed by atoms with Crippen LogP contribution in [0.3, 0.4) is 0 Å². The van der Waals surface area contributed by atoms with Crippen LogP contribution in [0.2, 0.25) is 5.02 Å². The summed E-state index contributed by atoms with van der Waals surface area (Å²) in [6.45, 7) is 3.80. The molecule has 98 valence electrons. The van der Waals surface area contributed by atoms with Crippen molar-refractivity contribution in [2.45, 2.75) is 12.5 Å². The molecule has 0 spiro atoms. The van der Waals surface area contributed by atoms with Gasteiger partial charge in [0.05, 0.1) is 6.04 Å². The van der Waals surface area contributed by atoms with Gasteiger partial charge in [0, 0.05) is 10.7 Å². The number of hydrogen-bond acceptors (Lipinski definition) is 2. The molecule has 0 saturated carbocycles. The van der Waals surface area contributed by atoms with Gasteiger partial charge in [-0.2, -0.15) is 0 Å². The second-order valence-electron chi connectivity index (χ2n) is 4.26. The molecule has 2 N–H and O–H groups in total. The Bertz CT molecular complexity index is 508. The number of benzene rings is 2. The lowest BCUT2D eigenvalue weighted by atomic mass is 10.0. The summed E-state index contributed by atoms with van der Waals surface area (Å²) >= 11 is 5.91. The summed E-state index contributed by atoms with van der Waals surface area (Å²) in [6.07, 6.45) is 2.74. The fourth-order valence-corrected chi connectivity index (χ4v) is 1.96. The van der Waals surface area contributed by atoms with E-state index in [-0.39, 0.29) is 6.04 Å². The van der Waals surface area contributed by atoms with Crippen molar-refractivity contribution in [1.29, 1.82) is 0 Å². The smallest absolute Gasteiger partial charge is 0.0544 e. The first kappa shape index (κ1) is 13.7. The van der Waals surface area contributed by atoms with Crippen molar-refractivity contribution in [3.8, 4) is 0 Å². The van der Waals surface area contributed by atoms with E-state index < -0.39 is 0 Å². The highest BCUT2D eigenvalue weighted by Gasteiger charge is 2.08. The minimum absolute atomic E-state index is 0.162. The normalized spacial score (nSPS) is 11.8. The maximum absolute atomic E-state index is 5.91. The Kier molecular flexibility index (Phi) is 5.01. The van der Waals surface area contributed by atoms with E-state index in [9.17, 15) is 0 Å². The lowest BCUT2D eigenvalue weighted by Gasteiger charge is -2.19. The third-order valence-electron chi connectivity index (χ3n) is 2.84. The van der Waals surface area contributed by atoms with Gasteiger partial charge in [-0.25, -0.2) is 5.43 Å². The van der Waals surface area contributed by atoms with Crippen LogP contribution in [0.5, 0.6) is 0 Å². The molecule has 0 radical (unpaired) electrons. The number of halogens is 1. The van der Waals surface area contributed by atoms with E-state index in [1.54, 1.807) is 0 Å². The average Bonchev–Trinajstić information content (AvgIpc) is 2.46. The van der Waals surface area contributed by atoms with Gasteiger partial charge in [-0.3, -0.25) is 0 Å². The molecule has 1 unspecified atom stereocenters. The molecule has 0 aromatic heterocycles. The summed E-state index contributed by atoms with van der Waals surface area (Å²) in [6, 6.07) is 18.0. The van der Waals surface area contributed by atoms with Crippen molar-refractivity contribution < 1.29 is 0 Å². The van der Waals surface area contributed by atoms with Crippen LogP contribution in [0.25, 0.3) is 0 Å². The Morgan fingerprint density at radius 3 is 2.37 bits per heavy atom. The van der Waals surface area contributed by atoms with Crippen molar-refractivity contribution in [2.75, 3.05) is 5.43 Å². The molecular weight excluding hydrogens is 256 g/mol. The Morgan fingerprint density at radius 1 is 1.05 bits per heavy atom. The molecule has 0 aliphatic carbocycles. The highest BCUT2D eigenvalue weighted by atomic mass is 35.5. The van der Waals surface area contributed by atoms with Crippen molar-refractivity contribution in [1.82, 2.24) is 5.43 Å². The van der Waals surface area contributed by atoms with Gasteiger partial charge in [-0.05, 0) is 36.2 Å². The molecule has 2 aromatic rings. The molecule has 0 bridgehead atoms. The van der Waals surface area contributed by atoms with Gasteiger partial charge in [-0.1, -0.05) is 48.0 Å². The molecule has 0 aliphatic heterocycles. The predicted molar refractivity (Wildman–Crippen MR) is 82.2 cm³/mol. The second-order valence-corrected chi connectivity index (χ2v) is 4.70. The number of nitrogens with one attached hydrogen (secondary N) is 2. The van der Waals surface area contributed by atoms with Crippen LogP contribution >= 0.6 is 11.6 Å². The molecule has 19 heavy (non-hydrogen) atoms. The van der Waals surface area contributed by atoms with Gasteiger partial charge >= 0.3 is 0 Å².